The lowest BCUT2D eigenvalue weighted by molar-refractivity contribution is 0.414. The zero-order valence-electron chi connectivity index (χ0n) is 15.4. The summed E-state index contributed by atoms with van der Waals surface area (Å²) in [6.45, 7) is 5.05. The zero-order chi connectivity index (χ0) is 18.1. The minimum absolute atomic E-state index is 0.771. The first-order valence-corrected chi connectivity index (χ1v) is 8.81. The van der Waals surface area contributed by atoms with E-state index in [9.17, 15) is 0 Å². The number of hydrogen-bond acceptors (Lipinski definition) is 2. The van der Waals surface area contributed by atoms with Gasteiger partial charge in [0.15, 0.2) is 0 Å². The number of para-hydroxylation sites is 2. The number of imidazole rings is 1. The Morgan fingerprint density at radius 3 is 2.42 bits per heavy atom. The van der Waals surface area contributed by atoms with Crippen LogP contribution in [0, 0.1) is 13.8 Å². The van der Waals surface area contributed by atoms with E-state index in [0.29, 0.717) is 0 Å². The highest BCUT2D eigenvalue weighted by atomic mass is 16.5. The number of aromatic nitrogens is 2. The summed E-state index contributed by atoms with van der Waals surface area (Å²) in [6, 6.07) is 23.1. The first kappa shape index (κ1) is 16.4. The van der Waals surface area contributed by atoms with Crippen molar-refractivity contribution in [3.63, 3.8) is 0 Å². The molecule has 4 rings (SSSR count). The fourth-order valence-electron chi connectivity index (χ4n) is 3.42. The number of fused-ring (bicyclic) bond motifs is 1. The Kier molecular flexibility index (Phi) is 4.21. The maximum Gasteiger partial charge on any atom is 0.141 e. The Hall–Kier alpha value is -3.07. The van der Waals surface area contributed by atoms with Crippen molar-refractivity contribution in [2.24, 2.45) is 0 Å². The van der Waals surface area contributed by atoms with Crippen LogP contribution in [0.25, 0.3) is 22.4 Å². The molecule has 0 N–H and O–H groups in total. The Morgan fingerprint density at radius 2 is 1.69 bits per heavy atom. The number of rotatable bonds is 4. The summed E-state index contributed by atoms with van der Waals surface area (Å²) in [5.74, 6) is 1.89. The Bertz CT molecular complexity index is 1060. The smallest absolute Gasteiger partial charge is 0.141 e. The van der Waals surface area contributed by atoms with E-state index in [0.717, 1.165) is 29.2 Å². The van der Waals surface area contributed by atoms with Gasteiger partial charge in [0.05, 0.1) is 18.1 Å². The summed E-state index contributed by atoms with van der Waals surface area (Å²) in [4.78, 5) is 4.94. The predicted molar refractivity (Wildman–Crippen MR) is 107 cm³/mol. The first-order valence-electron chi connectivity index (χ1n) is 8.81. The van der Waals surface area contributed by atoms with Crippen molar-refractivity contribution in [2.45, 2.75) is 20.4 Å². The summed E-state index contributed by atoms with van der Waals surface area (Å²) < 4.78 is 7.58. The van der Waals surface area contributed by atoms with Crippen molar-refractivity contribution < 1.29 is 4.74 Å². The van der Waals surface area contributed by atoms with Crippen LogP contribution in [0.3, 0.4) is 0 Å². The van der Waals surface area contributed by atoms with Crippen LogP contribution in [0.4, 0.5) is 0 Å². The number of methoxy groups -OCH3 is 1. The number of benzene rings is 3. The lowest BCUT2D eigenvalue weighted by Crippen LogP contribution is -2.03. The average Bonchev–Trinajstić information content (AvgIpc) is 3.01. The van der Waals surface area contributed by atoms with E-state index in [1.54, 1.807) is 7.11 Å². The van der Waals surface area contributed by atoms with E-state index in [4.69, 9.17) is 9.72 Å². The molecule has 3 aromatic carbocycles. The number of ether oxygens (including phenoxy) is 1. The second-order valence-electron chi connectivity index (χ2n) is 6.68. The third-order valence-electron chi connectivity index (χ3n) is 4.78. The molecule has 0 saturated carbocycles. The van der Waals surface area contributed by atoms with Gasteiger partial charge in [-0.1, -0.05) is 48.0 Å². The predicted octanol–water partition coefficient (Wildman–Crippen LogP) is 5.38. The number of nitrogens with zero attached hydrogens (tertiary/aromatic N) is 2. The fraction of sp³-hybridized carbons (Fsp3) is 0.174. The fourth-order valence-corrected chi connectivity index (χ4v) is 3.42. The van der Waals surface area contributed by atoms with Gasteiger partial charge in [0.1, 0.15) is 11.6 Å². The quantitative estimate of drug-likeness (QED) is 0.498. The van der Waals surface area contributed by atoms with Crippen LogP contribution in [-0.4, -0.2) is 16.7 Å². The lowest BCUT2D eigenvalue weighted by atomic mass is 10.1. The van der Waals surface area contributed by atoms with Crippen LogP contribution in [0.1, 0.15) is 16.7 Å². The Balaban J connectivity index is 1.86. The van der Waals surface area contributed by atoms with Crippen molar-refractivity contribution in [2.75, 3.05) is 7.11 Å². The summed E-state index contributed by atoms with van der Waals surface area (Å²) in [6.07, 6.45) is 0. The monoisotopic (exact) mass is 342 g/mol. The molecule has 0 spiro atoms. The van der Waals surface area contributed by atoms with Gasteiger partial charge in [-0.3, -0.25) is 0 Å². The van der Waals surface area contributed by atoms with Gasteiger partial charge in [-0.25, -0.2) is 4.98 Å². The van der Waals surface area contributed by atoms with Crippen LogP contribution in [-0.2, 0) is 6.54 Å². The minimum atomic E-state index is 0.771. The van der Waals surface area contributed by atoms with E-state index in [2.05, 4.69) is 66.9 Å². The molecular formula is C23H22N2O. The number of hydrogen-bond donors (Lipinski definition) is 0. The van der Waals surface area contributed by atoms with Crippen LogP contribution >= 0.6 is 0 Å². The lowest BCUT2D eigenvalue weighted by Gasteiger charge is -2.12. The third-order valence-corrected chi connectivity index (χ3v) is 4.78. The topological polar surface area (TPSA) is 27.1 Å². The third kappa shape index (κ3) is 2.97. The molecular weight excluding hydrogens is 320 g/mol. The molecule has 0 fully saturated rings. The van der Waals surface area contributed by atoms with Crippen molar-refractivity contribution in [3.8, 4) is 17.1 Å². The molecule has 1 heterocycles. The maximum absolute atomic E-state index is 5.28. The van der Waals surface area contributed by atoms with Crippen LogP contribution in [0.5, 0.6) is 5.75 Å². The van der Waals surface area contributed by atoms with Gasteiger partial charge in [-0.2, -0.15) is 0 Å². The van der Waals surface area contributed by atoms with Gasteiger partial charge < -0.3 is 9.30 Å². The number of aryl methyl sites for hydroxylation is 2. The second-order valence-corrected chi connectivity index (χ2v) is 6.68. The zero-order valence-corrected chi connectivity index (χ0v) is 15.4. The van der Waals surface area contributed by atoms with E-state index in [1.807, 2.05) is 18.2 Å². The van der Waals surface area contributed by atoms with Gasteiger partial charge in [-0.15, -0.1) is 0 Å². The van der Waals surface area contributed by atoms with Gasteiger partial charge in [0.2, 0.25) is 0 Å². The molecule has 0 amide bonds. The molecule has 0 atom stereocenters. The molecule has 3 nitrogen and oxygen atoms in total. The highest BCUT2D eigenvalue weighted by molar-refractivity contribution is 5.81. The molecule has 26 heavy (non-hydrogen) atoms. The minimum Gasteiger partial charge on any atom is -0.497 e. The van der Waals surface area contributed by atoms with E-state index in [-0.39, 0.29) is 0 Å². The SMILES string of the molecule is COc1ccc(Cn2c(-c3ccc(C)cc3C)nc3ccccc32)cc1. The molecule has 0 saturated heterocycles. The van der Waals surface area contributed by atoms with Crippen LogP contribution in [0.15, 0.2) is 66.7 Å². The highest BCUT2D eigenvalue weighted by Crippen LogP contribution is 2.29. The molecule has 4 aromatic rings. The Labute approximate surface area is 153 Å². The normalized spacial score (nSPS) is 11.0. The van der Waals surface area contributed by atoms with Gasteiger partial charge >= 0.3 is 0 Å². The standard InChI is InChI=1S/C23H22N2O/c1-16-8-13-20(17(2)14-16)23-24-21-6-4-5-7-22(21)25(23)15-18-9-11-19(26-3)12-10-18/h4-14H,15H2,1-3H3. The van der Waals surface area contributed by atoms with E-state index in [1.165, 1.54) is 22.3 Å². The van der Waals surface area contributed by atoms with E-state index < -0.39 is 0 Å². The molecule has 130 valence electrons. The Morgan fingerprint density at radius 1 is 0.923 bits per heavy atom. The molecule has 0 radical (unpaired) electrons. The second kappa shape index (κ2) is 6.68. The van der Waals surface area contributed by atoms with Gasteiger partial charge in [-0.05, 0) is 49.2 Å². The van der Waals surface area contributed by atoms with Crippen LogP contribution < -0.4 is 4.74 Å². The highest BCUT2D eigenvalue weighted by Gasteiger charge is 2.14. The maximum atomic E-state index is 5.28. The van der Waals surface area contributed by atoms with Crippen molar-refractivity contribution in [1.82, 2.24) is 9.55 Å². The summed E-state index contributed by atoms with van der Waals surface area (Å²) in [5.41, 5.74) is 7.09. The van der Waals surface area contributed by atoms with Crippen molar-refractivity contribution in [1.29, 1.82) is 0 Å². The molecule has 0 aliphatic carbocycles. The van der Waals surface area contributed by atoms with Crippen molar-refractivity contribution >= 4 is 11.0 Å². The van der Waals surface area contributed by atoms with E-state index >= 15 is 0 Å². The molecule has 0 bridgehead atoms. The van der Waals surface area contributed by atoms with Crippen molar-refractivity contribution in [3.05, 3.63) is 83.4 Å². The summed E-state index contributed by atoms with van der Waals surface area (Å²) in [5, 5.41) is 0. The summed E-state index contributed by atoms with van der Waals surface area (Å²) >= 11 is 0. The first-order chi connectivity index (χ1) is 12.7. The van der Waals surface area contributed by atoms with Gasteiger partial charge in [0.25, 0.3) is 0 Å². The largest absolute Gasteiger partial charge is 0.497 e. The molecule has 3 heteroatoms. The molecule has 0 aliphatic heterocycles. The van der Waals surface area contributed by atoms with Crippen LogP contribution in [0.2, 0.25) is 0 Å². The molecule has 1 aromatic heterocycles. The molecule has 0 unspecified atom stereocenters. The van der Waals surface area contributed by atoms with Gasteiger partial charge in [0, 0.05) is 12.1 Å². The molecule has 0 aliphatic rings. The average molecular weight is 342 g/mol. The summed E-state index contributed by atoms with van der Waals surface area (Å²) in [7, 11) is 1.69.